The Hall–Kier alpha value is -3.88. The number of nitrogens with zero attached hydrogens (tertiary/aromatic N) is 1. The number of ether oxygens (including phenoxy) is 4. The van der Waals surface area contributed by atoms with Crippen LogP contribution in [0.4, 0.5) is 0 Å². The number of ketones is 1. The van der Waals surface area contributed by atoms with Crippen LogP contribution in [0.15, 0.2) is 60.7 Å². The van der Waals surface area contributed by atoms with Gasteiger partial charge >= 0.3 is 5.97 Å². The van der Waals surface area contributed by atoms with Crippen LogP contribution < -0.4 is 14.2 Å². The summed E-state index contributed by atoms with van der Waals surface area (Å²) in [6.07, 6.45) is 4.39. The van der Waals surface area contributed by atoms with E-state index in [4.69, 9.17) is 18.9 Å². The standard InChI is InChI=1S/C35H39NO7/c1-36-18-17-34-22-24(37)15-16-35(34,42-19-9-12-23-10-5-4-6-11-23)30(36)20-26-28(21-29(40-2)32(41-3)31(26)34)43-33(39)25-13-7-8-14-27(25)38/h4-8,10-11,13-14,21,30,38H,9,12,15-20,22H2,1-3H3/t30-,34-,35-/m1/s1. The van der Waals surface area contributed by atoms with Crippen LogP contribution in [0.25, 0.3) is 0 Å². The number of piperidine rings is 1. The van der Waals surface area contributed by atoms with Crippen molar-refractivity contribution < 1.29 is 33.6 Å². The maximum absolute atomic E-state index is 13.3. The number of Topliss-reactive ketones (excluding diaryl/α,β-unsaturated/α-hetero) is 1. The fourth-order valence-corrected chi connectivity index (χ4v) is 7.83. The van der Waals surface area contributed by atoms with Crippen LogP contribution >= 0.6 is 0 Å². The van der Waals surface area contributed by atoms with Crippen molar-refractivity contribution in [1.29, 1.82) is 0 Å². The monoisotopic (exact) mass is 585 g/mol. The van der Waals surface area contributed by atoms with Crippen molar-refractivity contribution in [3.63, 3.8) is 0 Å². The van der Waals surface area contributed by atoms with Gasteiger partial charge in [-0.3, -0.25) is 4.79 Å². The highest BCUT2D eigenvalue weighted by Crippen LogP contribution is 2.63. The number of likely N-dealkylation sites (N-methyl/N-ethyl adjacent to an activating group) is 1. The Morgan fingerprint density at radius 3 is 2.53 bits per heavy atom. The maximum Gasteiger partial charge on any atom is 0.347 e. The number of phenolic OH excluding ortho intramolecular Hbond substituents is 1. The van der Waals surface area contributed by atoms with Crippen LogP contribution in [0.5, 0.6) is 23.0 Å². The summed E-state index contributed by atoms with van der Waals surface area (Å²) < 4.78 is 24.9. The predicted octanol–water partition coefficient (Wildman–Crippen LogP) is 5.27. The van der Waals surface area contributed by atoms with E-state index in [2.05, 4.69) is 36.2 Å². The van der Waals surface area contributed by atoms with Gasteiger partial charge in [-0.1, -0.05) is 42.5 Å². The number of aryl methyl sites for hydroxylation is 1. The van der Waals surface area contributed by atoms with E-state index in [-0.39, 0.29) is 23.1 Å². The smallest absolute Gasteiger partial charge is 0.347 e. The molecule has 2 fully saturated rings. The molecule has 2 aliphatic carbocycles. The molecule has 2 bridgehead atoms. The largest absolute Gasteiger partial charge is 0.507 e. The van der Waals surface area contributed by atoms with Crippen LogP contribution in [0.2, 0.25) is 0 Å². The lowest BCUT2D eigenvalue weighted by Gasteiger charge is -2.64. The van der Waals surface area contributed by atoms with E-state index < -0.39 is 17.0 Å². The third kappa shape index (κ3) is 4.86. The van der Waals surface area contributed by atoms with Gasteiger partial charge in [0.15, 0.2) is 11.5 Å². The molecule has 0 aromatic heterocycles. The molecule has 6 rings (SSSR count). The molecule has 1 saturated heterocycles. The van der Waals surface area contributed by atoms with Gasteiger partial charge < -0.3 is 29.0 Å². The number of methoxy groups -OCH3 is 2. The Morgan fingerprint density at radius 2 is 1.79 bits per heavy atom. The number of carbonyl (C=O) groups is 2. The lowest BCUT2D eigenvalue weighted by atomic mass is 9.49. The first-order valence-corrected chi connectivity index (χ1v) is 15.0. The molecular formula is C35H39NO7. The molecule has 3 aliphatic rings. The summed E-state index contributed by atoms with van der Waals surface area (Å²) in [5.41, 5.74) is 1.68. The number of hydrogen-bond acceptors (Lipinski definition) is 8. The van der Waals surface area contributed by atoms with Crippen molar-refractivity contribution in [3.05, 3.63) is 82.9 Å². The molecule has 8 heteroatoms. The fraction of sp³-hybridized carbons (Fsp3) is 0.429. The highest BCUT2D eigenvalue weighted by Gasteiger charge is 2.67. The Balaban J connectivity index is 1.45. The van der Waals surface area contributed by atoms with Crippen molar-refractivity contribution in [1.82, 2.24) is 4.90 Å². The van der Waals surface area contributed by atoms with Crippen LogP contribution in [0.1, 0.15) is 59.2 Å². The molecule has 0 spiro atoms. The summed E-state index contributed by atoms with van der Waals surface area (Å²) >= 11 is 0. The molecule has 0 radical (unpaired) electrons. The second kappa shape index (κ2) is 11.7. The van der Waals surface area contributed by atoms with Crippen LogP contribution in [-0.2, 0) is 27.8 Å². The zero-order valence-electron chi connectivity index (χ0n) is 25.1. The quantitative estimate of drug-likeness (QED) is 0.206. The van der Waals surface area contributed by atoms with Gasteiger partial charge in [-0.15, -0.1) is 0 Å². The van der Waals surface area contributed by atoms with E-state index in [1.807, 2.05) is 6.07 Å². The normalized spacial score (nSPS) is 24.5. The number of hydrogen-bond donors (Lipinski definition) is 1. The number of benzene rings is 3. The van der Waals surface area contributed by atoms with Gasteiger partial charge in [0.25, 0.3) is 0 Å². The third-order valence-electron chi connectivity index (χ3n) is 9.80. The topological polar surface area (TPSA) is 94.5 Å². The second-order valence-corrected chi connectivity index (χ2v) is 11.9. The molecule has 0 unspecified atom stereocenters. The SMILES string of the molecule is COc1cc(OC(=O)c2ccccc2O)c2c(c1OC)[C@]13CCN(C)[C@H](C2)[C@]1(OCCCc1ccccc1)CCC(=O)C3. The van der Waals surface area contributed by atoms with E-state index in [1.165, 1.54) is 17.7 Å². The number of aromatic hydroxyl groups is 1. The minimum atomic E-state index is -0.685. The van der Waals surface area contributed by atoms with Gasteiger partial charge in [-0.2, -0.15) is 0 Å². The van der Waals surface area contributed by atoms with Gasteiger partial charge in [0.1, 0.15) is 22.8 Å². The van der Waals surface area contributed by atoms with E-state index in [0.29, 0.717) is 56.0 Å². The van der Waals surface area contributed by atoms with E-state index >= 15 is 0 Å². The summed E-state index contributed by atoms with van der Waals surface area (Å²) in [5, 5.41) is 10.3. The summed E-state index contributed by atoms with van der Waals surface area (Å²) in [7, 11) is 5.27. The molecule has 43 heavy (non-hydrogen) atoms. The molecule has 226 valence electrons. The summed E-state index contributed by atoms with van der Waals surface area (Å²) in [4.78, 5) is 29.0. The lowest BCUT2D eigenvalue weighted by molar-refractivity contribution is -0.197. The summed E-state index contributed by atoms with van der Waals surface area (Å²) in [5.74, 6) is 0.683. The highest BCUT2D eigenvalue weighted by molar-refractivity contribution is 5.94. The fourth-order valence-electron chi connectivity index (χ4n) is 7.83. The Bertz CT molecular complexity index is 1520. The van der Waals surface area contributed by atoms with Gasteiger partial charge in [0, 0.05) is 48.1 Å². The van der Waals surface area contributed by atoms with Crippen molar-refractivity contribution in [2.24, 2.45) is 0 Å². The summed E-state index contributed by atoms with van der Waals surface area (Å²) in [6, 6.07) is 18.3. The van der Waals surface area contributed by atoms with E-state index in [1.54, 1.807) is 32.4 Å². The molecule has 1 heterocycles. The number of rotatable bonds is 9. The molecule has 3 aromatic rings. The molecule has 1 N–H and O–H groups in total. The van der Waals surface area contributed by atoms with Crippen LogP contribution in [0.3, 0.4) is 0 Å². The Labute approximate surface area is 252 Å². The molecule has 0 amide bonds. The van der Waals surface area contributed by atoms with Crippen molar-refractivity contribution >= 4 is 11.8 Å². The lowest BCUT2D eigenvalue weighted by Crippen LogP contribution is -2.73. The summed E-state index contributed by atoms with van der Waals surface area (Å²) in [6.45, 7) is 1.35. The number of likely N-dealkylation sites (tertiary alicyclic amines) is 1. The number of esters is 1. The first-order valence-electron chi connectivity index (χ1n) is 15.0. The predicted molar refractivity (Wildman–Crippen MR) is 161 cm³/mol. The minimum Gasteiger partial charge on any atom is -0.507 e. The second-order valence-electron chi connectivity index (χ2n) is 11.9. The molecule has 1 aliphatic heterocycles. The molecule has 1 saturated carbocycles. The van der Waals surface area contributed by atoms with Crippen molar-refractivity contribution in [3.8, 4) is 23.0 Å². The average molecular weight is 586 g/mol. The number of carbonyl (C=O) groups excluding carboxylic acids is 2. The molecule has 3 aromatic carbocycles. The molecule has 8 nitrogen and oxygen atoms in total. The van der Waals surface area contributed by atoms with Crippen LogP contribution in [0, 0.1) is 0 Å². The van der Waals surface area contributed by atoms with Gasteiger partial charge in [0.05, 0.1) is 19.8 Å². The average Bonchev–Trinajstić information content (AvgIpc) is 3.01. The van der Waals surface area contributed by atoms with E-state index in [0.717, 1.165) is 30.5 Å². The first-order chi connectivity index (χ1) is 20.8. The number of phenols is 1. The zero-order chi connectivity index (χ0) is 30.2. The number of fused-ring (bicyclic) bond motifs is 1. The molecular weight excluding hydrogens is 546 g/mol. The minimum absolute atomic E-state index is 0.0424. The van der Waals surface area contributed by atoms with Crippen molar-refractivity contribution in [2.75, 3.05) is 34.4 Å². The van der Waals surface area contributed by atoms with Crippen molar-refractivity contribution in [2.45, 2.75) is 62.0 Å². The first kappa shape index (κ1) is 29.2. The van der Waals surface area contributed by atoms with Gasteiger partial charge in [0.2, 0.25) is 0 Å². The van der Waals surface area contributed by atoms with Crippen LogP contribution in [-0.4, -0.2) is 67.8 Å². The van der Waals surface area contributed by atoms with Gasteiger partial charge in [-0.25, -0.2) is 4.79 Å². The van der Waals surface area contributed by atoms with E-state index in [9.17, 15) is 14.7 Å². The number of para-hydroxylation sites is 1. The maximum atomic E-state index is 13.3. The zero-order valence-corrected chi connectivity index (χ0v) is 25.1. The van der Waals surface area contributed by atoms with Gasteiger partial charge in [-0.05, 0) is 63.4 Å². The Morgan fingerprint density at radius 1 is 1.02 bits per heavy atom. The Kier molecular flexibility index (Phi) is 7.92. The molecule has 3 atom stereocenters. The third-order valence-corrected chi connectivity index (χ3v) is 9.80. The highest BCUT2D eigenvalue weighted by atomic mass is 16.5.